The molecule has 1 aromatic carbocycles. The van der Waals surface area contributed by atoms with Gasteiger partial charge < -0.3 is 5.32 Å². The lowest BCUT2D eigenvalue weighted by atomic mass is 9.74. The lowest BCUT2D eigenvalue weighted by molar-refractivity contribution is 0.436. The highest BCUT2D eigenvalue weighted by Crippen LogP contribution is 2.41. The number of nitrogens with one attached hydrogen (secondary N) is 1. The first-order valence-corrected chi connectivity index (χ1v) is 5.84. The van der Waals surface area contributed by atoms with Gasteiger partial charge in [0.25, 0.3) is 0 Å². The molecular formula is C14H17N. The molecule has 1 fully saturated rings. The minimum Gasteiger partial charge on any atom is -0.310 e. The molecule has 2 aliphatic rings. The molecule has 3 rings (SSSR count). The second kappa shape index (κ2) is 3.49. The summed E-state index contributed by atoms with van der Waals surface area (Å²) in [4.78, 5) is 0. The number of fused-ring (bicyclic) bond motifs is 3. The van der Waals surface area contributed by atoms with Crippen molar-refractivity contribution in [2.24, 2.45) is 5.92 Å². The van der Waals surface area contributed by atoms with Gasteiger partial charge in [0, 0.05) is 12.0 Å². The van der Waals surface area contributed by atoms with Crippen LogP contribution in [-0.4, -0.2) is 12.6 Å². The average Bonchev–Trinajstić information content (AvgIpc) is 2.72. The molecule has 0 aromatic heterocycles. The van der Waals surface area contributed by atoms with E-state index in [4.69, 9.17) is 0 Å². The van der Waals surface area contributed by atoms with Crippen LogP contribution >= 0.6 is 0 Å². The lowest BCUT2D eigenvalue weighted by Crippen LogP contribution is -2.25. The number of benzene rings is 1. The summed E-state index contributed by atoms with van der Waals surface area (Å²) in [7, 11) is 0. The van der Waals surface area contributed by atoms with Gasteiger partial charge in [0.05, 0.1) is 0 Å². The van der Waals surface area contributed by atoms with Crippen LogP contribution in [0.4, 0.5) is 0 Å². The van der Waals surface area contributed by atoms with Gasteiger partial charge in [-0.2, -0.15) is 0 Å². The standard InChI is InChI=1S/C14H17N/c1-2-13-14-11(9-15-13)8-7-10-5-3-4-6-12(10)14/h2-6,11,13-15H,1,7-9H2. The molecule has 1 aromatic rings. The third kappa shape index (κ3) is 1.34. The first kappa shape index (κ1) is 9.17. The summed E-state index contributed by atoms with van der Waals surface area (Å²) >= 11 is 0. The second-order valence-electron chi connectivity index (χ2n) is 4.69. The Labute approximate surface area is 91.2 Å². The third-order valence-corrected chi connectivity index (χ3v) is 3.96. The molecule has 1 saturated heterocycles. The van der Waals surface area contributed by atoms with Gasteiger partial charge in [-0.3, -0.25) is 0 Å². The maximum atomic E-state index is 3.94. The largest absolute Gasteiger partial charge is 0.310 e. The zero-order valence-electron chi connectivity index (χ0n) is 8.95. The Morgan fingerprint density at radius 1 is 1.33 bits per heavy atom. The molecule has 1 aliphatic heterocycles. The molecule has 78 valence electrons. The van der Waals surface area contributed by atoms with Gasteiger partial charge in [-0.25, -0.2) is 0 Å². The Morgan fingerprint density at radius 3 is 3.07 bits per heavy atom. The van der Waals surface area contributed by atoms with Crippen molar-refractivity contribution in [3.63, 3.8) is 0 Å². The fourth-order valence-electron chi connectivity index (χ4n) is 3.22. The van der Waals surface area contributed by atoms with Crippen LogP contribution in [0.2, 0.25) is 0 Å². The zero-order chi connectivity index (χ0) is 10.3. The molecule has 15 heavy (non-hydrogen) atoms. The monoisotopic (exact) mass is 199 g/mol. The van der Waals surface area contributed by atoms with Crippen LogP contribution in [-0.2, 0) is 6.42 Å². The van der Waals surface area contributed by atoms with Crippen LogP contribution in [0.25, 0.3) is 0 Å². The summed E-state index contributed by atoms with van der Waals surface area (Å²) in [5.41, 5.74) is 3.11. The van der Waals surface area contributed by atoms with E-state index in [-0.39, 0.29) is 0 Å². The van der Waals surface area contributed by atoms with Crippen LogP contribution in [0.3, 0.4) is 0 Å². The van der Waals surface area contributed by atoms with Crippen molar-refractivity contribution in [2.75, 3.05) is 6.54 Å². The highest BCUT2D eigenvalue weighted by atomic mass is 15.0. The average molecular weight is 199 g/mol. The minimum atomic E-state index is 0.483. The van der Waals surface area contributed by atoms with Gasteiger partial charge >= 0.3 is 0 Å². The van der Waals surface area contributed by atoms with Gasteiger partial charge in [0.2, 0.25) is 0 Å². The van der Waals surface area contributed by atoms with E-state index in [1.807, 2.05) is 0 Å². The summed E-state index contributed by atoms with van der Waals surface area (Å²) in [6, 6.07) is 9.39. The Kier molecular flexibility index (Phi) is 2.14. The van der Waals surface area contributed by atoms with E-state index in [1.165, 1.54) is 12.8 Å². The number of aryl methyl sites for hydroxylation is 1. The number of hydrogen-bond donors (Lipinski definition) is 1. The van der Waals surface area contributed by atoms with Crippen molar-refractivity contribution in [2.45, 2.75) is 24.8 Å². The van der Waals surface area contributed by atoms with Gasteiger partial charge in [-0.1, -0.05) is 30.3 Å². The van der Waals surface area contributed by atoms with Crippen LogP contribution in [0.1, 0.15) is 23.5 Å². The summed E-state index contributed by atoms with van der Waals surface area (Å²) in [6.45, 7) is 5.11. The highest BCUT2D eigenvalue weighted by molar-refractivity contribution is 5.36. The number of hydrogen-bond acceptors (Lipinski definition) is 1. The molecule has 1 nitrogen and oxygen atoms in total. The zero-order valence-corrected chi connectivity index (χ0v) is 8.95. The van der Waals surface area contributed by atoms with Gasteiger partial charge in [-0.05, 0) is 36.4 Å². The fourth-order valence-corrected chi connectivity index (χ4v) is 3.22. The van der Waals surface area contributed by atoms with Crippen LogP contribution in [0.5, 0.6) is 0 Å². The smallest absolute Gasteiger partial charge is 0.0319 e. The van der Waals surface area contributed by atoms with E-state index in [1.54, 1.807) is 11.1 Å². The Balaban J connectivity index is 2.05. The van der Waals surface area contributed by atoms with Gasteiger partial charge in [0.1, 0.15) is 0 Å². The summed E-state index contributed by atoms with van der Waals surface area (Å²) in [5.74, 6) is 1.50. The van der Waals surface area contributed by atoms with E-state index in [9.17, 15) is 0 Å². The quantitative estimate of drug-likeness (QED) is 0.685. The molecule has 0 spiro atoms. The normalized spacial score (nSPS) is 33.2. The SMILES string of the molecule is C=CC1NCC2CCc3ccccc3C21. The minimum absolute atomic E-state index is 0.483. The Bertz CT molecular complexity index is 383. The van der Waals surface area contributed by atoms with Crippen molar-refractivity contribution >= 4 is 0 Å². The first-order valence-electron chi connectivity index (χ1n) is 5.84. The Morgan fingerprint density at radius 2 is 2.20 bits per heavy atom. The maximum Gasteiger partial charge on any atom is 0.0319 e. The topological polar surface area (TPSA) is 12.0 Å². The van der Waals surface area contributed by atoms with E-state index in [0.717, 1.165) is 12.5 Å². The molecule has 1 aliphatic carbocycles. The van der Waals surface area contributed by atoms with Gasteiger partial charge in [-0.15, -0.1) is 6.58 Å². The molecule has 3 atom stereocenters. The molecular weight excluding hydrogens is 182 g/mol. The lowest BCUT2D eigenvalue weighted by Gasteiger charge is -2.29. The molecule has 0 bridgehead atoms. The predicted molar refractivity (Wildman–Crippen MR) is 63.0 cm³/mol. The highest BCUT2D eigenvalue weighted by Gasteiger charge is 2.38. The van der Waals surface area contributed by atoms with Crippen LogP contribution in [0, 0.1) is 5.92 Å². The van der Waals surface area contributed by atoms with E-state index < -0.39 is 0 Å². The maximum absolute atomic E-state index is 3.94. The van der Waals surface area contributed by atoms with Crippen molar-refractivity contribution in [1.29, 1.82) is 0 Å². The van der Waals surface area contributed by atoms with E-state index in [0.29, 0.717) is 12.0 Å². The molecule has 1 heterocycles. The van der Waals surface area contributed by atoms with E-state index >= 15 is 0 Å². The molecule has 0 saturated carbocycles. The Hall–Kier alpha value is -1.08. The van der Waals surface area contributed by atoms with Crippen LogP contribution in [0.15, 0.2) is 36.9 Å². The van der Waals surface area contributed by atoms with Crippen molar-refractivity contribution in [1.82, 2.24) is 5.32 Å². The second-order valence-corrected chi connectivity index (χ2v) is 4.69. The molecule has 0 radical (unpaired) electrons. The molecule has 3 unspecified atom stereocenters. The summed E-state index contributed by atoms with van der Waals surface area (Å²) in [5, 5.41) is 3.57. The third-order valence-electron chi connectivity index (χ3n) is 3.96. The van der Waals surface area contributed by atoms with Crippen molar-refractivity contribution < 1.29 is 0 Å². The molecule has 1 N–H and O–H groups in total. The van der Waals surface area contributed by atoms with Gasteiger partial charge in [0.15, 0.2) is 0 Å². The summed E-state index contributed by atoms with van der Waals surface area (Å²) < 4.78 is 0. The molecule has 1 heteroatoms. The first-order chi connectivity index (χ1) is 7.40. The predicted octanol–water partition coefficient (Wildman–Crippen LogP) is 2.49. The molecule has 0 amide bonds. The summed E-state index contributed by atoms with van der Waals surface area (Å²) in [6.07, 6.45) is 4.66. The van der Waals surface area contributed by atoms with E-state index in [2.05, 4.69) is 42.2 Å². The van der Waals surface area contributed by atoms with Crippen LogP contribution < -0.4 is 5.32 Å². The van der Waals surface area contributed by atoms with Crippen molar-refractivity contribution in [3.05, 3.63) is 48.0 Å². The van der Waals surface area contributed by atoms with Crippen molar-refractivity contribution in [3.8, 4) is 0 Å². The number of rotatable bonds is 1. The fraction of sp³-hybridized carbons (Fsp3) is 0.429.